The zero-order chi connectivity index (χ0) is 22.2. The number of nitrogens with one attached hydrogen (secondary N) is 3. The Balaban J connectivity index is 1.48. The number of rotatable bonds is 3. The predicted molar refractivity (Wildman–Crippen MR) is 124 cm³/mol. The number of anilines is 3. The van der Waals surface area contributed by atoms with E-state index in [4.69, 9.17) is 0 Å². The maximum absolute atomic E-state index is 13.2. The molecule has 2 aliphatic rings. The van der Waals surface area contributed by atoms with Gasteiger partial charge < -0.3 is 15.5 Å². The molecular formula is C24H25N5O3. The highest BCUT2D eigenvalue weighted by atomic mass is 16.2. The summed E-state index contributed by atoms with van der Waals surface area (Å²) in [6.45, 7) is 3.75. The van der Waals surface area contributed by atoms with E-state index in [-0.39, 0.29) is 29.3 Å². The van der Waals surface area contributed by atoms with Crippen molar-refractivity contribution in [2.75, 3.05) is 28.6 Å². The summed E-state index contributed by atoms with van der Waals surface area (Å²) in [5.41, 5.74) is 0.460. The van der Waals surface area contributed by atoms with Gasteiger partial charge in [-0.25, -0.2) is 0 Å². The Labute approximate surface area is 185 Å². The number of aromatic amines is 1. The number of piperidine rings is 1. The zero-order valence-corrected chi connectivity index (χ0v) is 17.9. The molecule has 3 aromatic rings. The molecule has 32 heavy (non-hydrogen) atoms. The Kier molecular flexibility index (Phi) is 5.13. The predicted octanol–water partition coefficient (Wildman–Crippen LogP) is 3.22. The van der Waals surface area contributed by atoms with Gasteiger partial charge in [0.05, 0.1) is 11.5 Å². The van der Waals surface area contributed by atoms with E-state index in [1.54, 1.807) is 0 Å². The third kappa shape index (κ3) is 3.72. The van der Waals surface area contributed by atoms with Crippen molar-refractivity contribution < 1.29 is 9.59 Å². The number of hydrogen-bond acceptors (Lipinski definition) is 5. The number of nitrogens with zero attached hydrogens (tertiary/aromatic N) is 2. The maximum atomic E-state index is 13.2. The van der Waals surface area contributed by atoms with E-state index in [1.165, 1.54) is 0 Å². The molecule has 5 rings (SSSR count). The first-order valence-electron chi connectivity index (χ1n) is 11.0. The van der Waals surface area contributed by atoms with E-state index in [2.05, 4.69) is 27.5 Å². The van der Waals surface area contributed by atoms with Gasteiger partial charge in [0.1, 0.15) is 5.82 Å². The van der Waals surface area contributed by atoms with Gasteiger partial charge in [0.15, 0.2) is 0 Å². The molecule has 0 spiro atoms. The zero-order valence-electron chi connectivity index (χ0n) is 17.9. The van der Waals surface area contributed by atoms with Crippen molar-refractivity contribution in [3.63, 3.8) is 0 Å². The van der Waals surface area contributed by atoms with E-state index in [1.807, 2.05) is 47.4 Å². The summed E-state index contributed by atoms with van der Waals surface area (Å²) in [6.07, 6.45) is 2.05. The molecule has 1 saturated heterocycles. The molecule has 2 aliphatic heterocycles. The number of carbonyl (C=O) groups excluding carboxylic acids is 2. The smallest absolute Gasteiger partial charge is 0.258 e. The number of benzene rings is 2. The number of fused-ring (bicyclic) bond motifs is 2. The van der Waals surface area contributed by atoms with Gasteiger partial charge in [-0.15, -0.1) is 0 Å². The third-order valence-corrected chi connectivity index (χ3v) is 6.26. The Hall–Kier alpha value is -3.68. The Morgan fingerprint density at radius 2 is 1.97 bits per heavy atom. The van der Waals surface area contributed by atoms with E-state index in [0.717, 1.165) is 36.7 Å². The van der Waals surface area contributed by atoms with Crippen LogP contribution in [-0.2, 0) is 9.59 Å². The minimum absolute atomic E-state index is 0.103. The molecule has 0 radical (unpaired) electrons. The molecule has 3 heterocycles. The van der Waals surface area contributed by atoms with Crippen LogP contribution in [0.25, 0.3) is 10.8 Å². The van der Waals surface area contributed by atoms with Crippen LogP contribution in [0.2, 0.25) is 0 Å². The average Bonchev–Trinajstić information content (AvgIpc) is 2.78. The highest BCUT2D eigenvalue weighted by Crippen LogP contribution is 2.32. The average molecular weight is 431 g/mol. The van der Waals surface area contributed by atoms with Gasteiger partial charge in [0.25, 0.3) is 5.56 Å². The summed E-state index contributed by atoms with van der Waals surface area (Å²) in [6, 6.07) is 13.4. The number of carbonyl (C=O) groups is 2. The van der Waals surface area contributed by atoms with Gasteiger partial charge in [0, 0.05) is 30.6 Å². The van der Waals surface area contributed by atoms with Crippen LogP contribution < -0.4 is 21.1 Å². The Morgan fingerprint density at radius 3 is 2.81 bits per heavy atom. The summed E-state index contributed by atoms with van der Waals surface area (Å²) < 4.78 is 0. The van der Waals surface area contributed by atoms with Crippen LogP contribution in [0.1, 0.15) is 37.7 Å². The molecule has 0 saturated carbocycles. The first kappa shape index (κ1) is 20.2. The molecule has 164 valence electrons. The molecular weight excluding hydrogens is 406 g/mol. The topological polar surface area (TPSA) is 107 Å². The molecule has 2 atom stereocenters. The van der Waals surface area contributed by atoms with E-state index < -0.39 is 11.8 Å². The summed E-state index contributed by atoms with van der Waals surface area (Å²) in [4.78, 5) is 48.1. The first-order chi connectivity index (χ1) is 15.5. The molecule has 1 aromatic heterocycles. The standard InChI is InChI=1S/C24H25N5O3/c1-14-6-5-11-29(13-14)24-27-21-20(23(32)28-24)17(12-19(30)26-21)22(31)25-18-10-4-8-15-7-2-3-9-16(15)18/h2-4,7-10,14,17H,5-6,11-13H2,1H3,(H,25,31)(H2,26,27,28,30,32)/t14-,17+/m1/s1. The van der Waals surface area contributed by atoms with Crippen LogP contribution in [0.3, 0.4) is 0 Å². The maximum Gasteiger partial charge on any atom is 0.258 e. The van der Waals surface area contributed by atoms with Crippen LogP contribution in [0.15, 0.2) is 47.3 Å². The molecule has 8 nitrogen and oxygen atoms in total. The lowest BCUT2D eigenvalue weighted by Crippen LogP contribution is -2.40. The second-order valence-corrected chi connectivity index (χ2v) is 8.67. The lowest BCUT2D eigenvalue weighted by molar-refractivity contribution is -0.123. The molecule has 1 fully saturated rings. The molecule has 3 N–H and O–H groups in total. The fourth-order valence-electron chi connectivity index (χ4n) is 4.67. The van der Waals surface area contributed by atoms with Crippen molar-refractivity contribution in [1.82, 2.24) is 9.97 Å². The molecule has 2 amide bonds. The van der Waals surface area contributed by atoms with Crippen molar-refractivity contribution in [2.45, 2.75) is 32.1 Å². The highest BCUT2D eigenvalue weighted by Gasteiger charge is 2.35. The molecule has 0 aliphatic carbocycles. The summed E-state index contributed by atoms with van der Waals surface area (Å²) >= 11 is 0. The van der Waals surface area contributed by atoms with Gasteiger partial charge in [0.2, 0.25) is 17.8 Å². The third-order valence-electron chi connectivity index (χ3n) is 6.26. The van der Waals surface area contributed by atoms with Crippen molar-refractivity contribution in [3.05, 3.63) is 58.4 Å². The SMILES string of the molecule is C[C@@H]1CCCN(c2nc3c(c(=O)[nH]2)[C@@H](C(=O)Nc2cccc4ccccc24)CC(=O)N3)C1. The number of amides is 2. The quantitative estimate of drug-likeness (QED) is 0.590. The number of H-pyrrole nitrogens is 1. The summed E-state index contributed by atoms with van der Waals surface area (Å²) in [7, 11) is 0. The van der Waals surface area contributed by atoms with Crippen LogP contribution >= 0.6 is 0 Å². The fourth-order valence-corrected chi connectivity index (χ4v) is 4.67. The Bertz CT molecular complexity index is 1260. The van der Waals surface area contributed by atoms with E-state index in [9.17, 15) is 14.4 Å². The van der Waals surface area contributed by atoms with Crippen LogP contribution in [0.5, 0.6) is 0 Å². The van der Waals surface area contributed by atoms with Crippen molar-refractivity contribution in [1.29, 1.82) is 0 Å². The van der Waals surface area contributed by atoms with Crippen molar-refractivity contribution in [2.24, 2.45) is 5.92 Å². The van der Waals surface area contributed by atoms with Gasteiger partial charge >= 0.3 is 0 Å². The lowest BCUT2D eigenvalue weighted by atomic mass is 9.92. The van der Waals surface area contributed by atoms with Gasteiger partial charge in [-0.1, -0.05) is 43.3 Å². The number of aromatic nitrogens is 2. The van der Waals surface area contributed by atoms with Crippen LogP contribution in [0, 0.1) is 5.92 Å². The second-order valence-electron chi connectivity index (χ2n) is 8.67. The highest BCUT2D eigenvalue weighted by molar-refractivity contribution is 6.08. The van der Waals surface area contributed by atoms with Crippen molar-refractivity contribution in [3.8, 4) is 0 Å². The second kappa shape index (κ2) is 8.11. The summed E-state index contributed by atoms with van der Waals surface area (Å²) in [5.74, 6) is -0.523. The van der Waals surface area contributed by atoms with Gasteiger partial charge in [-0.05, 0) is 30.2 Å². The van der Waals surface area contributed by atoms with Crippen LogP contribution in [0.4, 0.5) is 17.5 Å². The number of hydrogen-bond donors (Lipinski definition) is 3. The largest absolute Gasteiger partial charge is 0.342 e. The first-order valence-corrected chi connectivity index (χ1v) is 11.0. The lowest BCUT2D eigenvalue weighted by Gasteiger charge is -2.32. The van der Waals surface area contributed by atoms with E-state index in [0.29, 0.717) is 17.6 Å². The minimum atomic E-state index is -0.914. The summed E-state index contributed by atoms with van der Waals surface area (Å²) in [5, 5.41) is 7.50. The molecule has 8 heteroatoms. The monoisotopic (exact) mass is 431 g/mol. The molecule has 0 unspecified atom stereocenters. The normalized spacial score (nSPS) is 20.5. The van der Waals surface area contributed by atoms with Crippen molar-refractivity contribution >= 4 is 40.0 Å². The van der Waals surface area contributed by atoms with Gasteiger partial charge in [-0.2, -0.15) is 4.98 Å². The van der Waals surface area contributed by atoms with E-state index >= 15 is 0 Å². The Morgan fingerprint density at radius 1 is 1.16 bits per heavy atom. The molecule has 0 bridgehead atoms. The fraction of sp³-hybridized carbons (Fsp3) is 0.333. The minimum Gasteiger partial charge on any atom is -0.342 e. The van der Waals surface area contributed by atoms with Gasteiger partial charge in [-0.3, -0.25) is 19.4 Å². The van der Waals surface area contributed by atoms with Crippen LogP contribution in [-0.4, -0.2) is 34.9 Å². The molecule has 2 aromatic carbocycles.